The third-order valence-electron chi connectivity index (χ3n) is 4.01. The lowest BCUT2D eigenvalue weighted by molar-refractivity contribution is 0.297. The second-order valence-electron chi connectivity index (χ2n) is 5.52. The van der Waals surface area contributed by atoms with Crippen LogP contribution in [0.15, 0.2) is 18.2 Å². The SMILES string of the molecule is c1cc2c(cc1CCNC1CCCC1)OCCCO2. The minimum absolute atomic E-state index is 0.750. The molecule has 1 aromatic carbocycles. The average molecular weight is 261 g/mol. The monoisotopic (exact) mass is 261 g/mol. The lowest BCUT2D eigenvalue weighted by Crippen LogP contribution is -2.27. The molecule has 1 aromatic rings. The molecule has 1 aliphatic heterocycles. The molecule has 19 heavy (non-hydrogen) atoms. The Bertz CT molecular complexity index is 413. The van der Waals surface area contributed by atoms with E-state index < -0.39 is 0 Å². The van der Waals surface area contributed by atoms with Gasteiger partial charge in [0.2, 0.25) is 0 Å². The van der Waals surface area contributed by atoms with E-state index in [2.05, 4.69) is 17.4 Å². The molecule has 1 saturated carbocycles. The van der Waals surface area contributed by atoms with Crippen molar-refractivity contribution >= 4 is 0 Å². The fraction of sp³-hybridized carbons (Fsp3) is 0.625. The Morgan fingerprint density at radius 1 is 1.00 bits per heavy atom. The van der Waals surface area contributed by atoms with Crippen LogP contribution in [-0.4, -0.2) is 25.8 Å². The highest BCUT2D eigenvalue weighted by Crippen LogP contribution is 2.30. The van der Waals surface area contributed by atoms with Gasteiger partial charge in [0.25, 0.3) is 0 Å². The maximum Gasteiger partial charge on any atom is 0.161 e. The number of fused-ring (bicyclic) bond motifs is 1. The Kier molecular flexibility index (Phi) is 4.23. The van der Waals surface area contributed by atoms with Crippen LogP contribution in [0.5, 0.6) is 11.5 Å². The predicted octanol–water partition coefficient (Wildman–Crippen LogP) is 2.92. The fourth-order valence-corrected chi connectivity index (χ4v) is 2.91. The van der Waals surface area contributed by atoms with Gasteiger partial charge >= 0.3 is 0 Å². The first-order valence-corrected chi connectivity index (χ1v) is 7.54. The zero-order chi connectivity index (χ0) is 12.9. The molecule has 1 N–H and O–H groups in total. The molecule has 1 heterocycles. The number of rotatable bonds is 4. The van der Waals surface area contributed by atoms with Crippen LogP contribution in [0, 0.1) is 0 Å². The summed E-state index contributed by atoms with van der Waals surface area (Å²) < 4.78 is 11.4. The third-order valence-corrected chi connectivity index (χ3v) is 4.01. The molecular weight excluding hydrogens is 238 g/mol. The number of hydrogen-bond donors (Lipinski definition) is 1. The van der Waals surface area contributed by atoms with E-state index in [-0.39, 0.29) is 0 Å². The van der Waals surface area contributed by atoms with Crippen molar-refractivity contribution in [2.45, 2.75) is 44.6 Å². The summed E-state index contributed by atoms with van der Waals surface area (Å²) >= 11 is 0. The second kappa shape index (κ2) is 6.29. The smallest absolute Gasteiger partial charge is 0.161 e. The Labute approximate surface area is 115 Å². The van der Waals surface area contributed by atoms with E-state index in [4.69, 9.17) is 9.47 Å². The molecule has 1 aliphatic carbocycles. The predicted molar refractivity (Wildman–Crippen MR) is 76.0 cm³/mol. The third kappa shape index (κ3) is 3.41. The van der Waals surface area contributed by atoms with Gasteiger partial charge in [-0.3, -0.25) is 0 Å². The summed E-state index contributed by atoms with van der Waals surface area (Å²) in [6.45, 7) is 2.58. The van der Waals surface area contributed by atoms with E-state index in [9.17, 15) is 0 Å². The van der Waals surface area contributed by atoms with E-state index in [1.54, 1.807) is 0 Å². The number of hydrogen-bond acceptors (Lipinski definition) is 3. The fourth-order valence-electron chi connectivity index (χ4n) is 2.91. The van der Waals surface area contributed by atoms with Crippen LogP contribution in [0.2, 0.25) is 0 Å². The molecule has 2 aliphatic rings. The topological polar surface area (TPSA) is 30.5 Å². The molecule has 0 radical (unpaired) electrons. The normalized spacial score (nSPS) is 19.4. The van der Waals surface area contributed by atoms with E-state index in [1.165, 1.54) is 31.2 Å². The minimum Gasteiger partial charge on any atom is -0.490 e. The highest BCUT2D eigenvalue weighted by molar-refractivity contribution is 5.43. The first-order chi connectivity index (χ1) is 9.42. The van der Waals surface area contributed by atoms with Crippen molar-refractivity contribution in [3.8, 4) is 11.5 Å². The lowest BCUT2D eigenvalue weighted by atomic mass is 10.1. The number of ether oxygens (including phenoxy) is 2. The van der Waals surface area contributed by atoms with Gasteiger partial charge in [0.1, 0.15) is 0 Å². The van der Waals surface area contributed by atoms with Crippen molar-refractivity contribution in [3.05, 3.63) is 23.8 Å². The van der Waals surface area contributed by atoms with Crippen LogP contribution >= 0.6 is 0 Å². The van der Waals surface area contributed by atoms with E-state index in [1.807, 2.05) is 6.07 Å². The molecule has 3 heteroatoms. The minimum atomic E-state index is 0.750. The summed E-state index contributed by atoms with van der Waals surface area (Å²) in [6.07, 6.45) is 7.51. The van der Waals surface area contributed by atoms with Crippen LogP contribution in [0.3, 0.4) is 0 Å². The van der Waals surface area contributed by atoms with Crippen molar-refractivity contribution in [1.82, 2.24) is 5.32 Å². The molecule has 0 saturated heterocycles. The van der Waals surface area contributed by atoms with Crippen molar-refractivity contribution in [3.63, 3.8) is 0 Å². The Hall–Kier alpha value is -1.22. The highest BCUT2D eigenvalue weighted by Gasteiger charge is 2.14. The van der Waals surface area contributed by atoms with Crippen LogP contribution in [-0.2, 0) is 6.42 Å². The van der Waals surface area contributed by atoms with Gasteiger partial charge in [0.05, 0.1) is 13.2 Å². The molecule has 0 aromatic heterocycles. The van der Waals surface area contributed by atoms with Crippen molar-refractivity contribution in [2.75, 3.05) is 19.8 Å². The van der Waals surface area contributed by atoms with Crippen molar-refractivity contribution < 1.29 is 9.47 Å². The number of benzene rings is 1. The standard InChI is InChI=1S/C16H23NO2/c1-2-5-14(4-1)17-9-8-13-6-7-15-16(12-13)19-11-3-10-18-15/h6-7,12,14,17H,1-5,8-11H2. The van der Waals surface area contributed by atoms with Crippen molar-refractivity contribution in [1.29, 1.82) is 0 Å². The molecule has 0 atom stereocenters. The summed E-state index contributed by atoms with van der Waals surface area (Å²) in [6, 6.07) is 7.09. The molecule has 104 valence electrons. The summed E-state index contributed by atoms with van der Waals surface area (Å²) in [7, 11) is 0. The summed E-state index contributed by atoms with van der Waals surface area (Å²) in [5.74, 6) is 1.81. The average Bonchev–Trinajstić information content (AvgIpc) is 2.83. The van der Waals surface area contributed by atoms with Gasteiger partial charge < -0.3 is 14.8 Å². The van der Waals surface area contributed by atoms with Gasteiger partial charge in [-0.15, -0.1) is 0 Å². The van der Waals surface area contributed by atoms with E-state index >= 15 is 0 Å². The van der Waals surface area contributed by atoms with Gasteiger partial charge in [0, 0.05) is 12.5 Å². The quantitative estimate of drug-likeness (QED) is 0.904. The summed E-state index contributed by atoms with van der Waals surface area (Å²) in [5.41, 5.74) is 1.33. The molecular formula is C16H23NO2. The summed E-state index contributed by atoms with van der Waals surface area (Å²) in [4.78, 5) is 0. The number of nitrogens with one attached hydrogen (secondary N) is 1. The van der Waals surface area contributed by atoms with Crippen LogP contribution in [0.1, 0.15) is 37.7 Å². The maximum atomic E-state index is 5.72. The molecule has 3 rings (SSSR count). The maximum absolute atomic E-state index is 5.72. The molecule has 3 nitrogen and oxygen atoms in total. The Morgan fingerprint density at radius 3 is 2.63 bits per heavy atom. The molecule has 0 amide bonds. The first-order valence-electron chi connectivity index (χ1n) is 7.54. The van der Waals surface area contributed by atoms with Gasteiger partial charge in [-0.1, -0.05) is 18.9 Å². The van der Waals surface area contributed by atoms with Crippen molar-refractivity contribution in [2.24, 2.45) is 0 Å². The Morgan fingerprint density at radius 2 is 1.79 bits per heavy atom. The summed E-state index contributed by atoms with van der Waals surface area (Å²) in [5, 5.41) is 3.65. The lowest BCUT2D eigenvalue weighted by Gasteiger charge is -2.13. The van der Waals surface area contributed by atoms with Gasteiger partial charge in [-0.05, 0) is 43.5 Å². The van der Waals surface area contributed by atoms with Crippen LogP contribution in [0.25, 0.3) is 0 Å². The van der Waals surface area contributed by atoms with E-state index in [0.717, 1.165) is 50.1 Å². The molecule has 0 bridgehead atoms. The molecule has 0 unspecified atom stereocenters. The molecule has 1 fully saturated rings. The molecule has 0 spiro atoms. The Balaban J connectivity index is 1.54. The van der Waals surface area contributed by atoms with Crippen LogP contribution in [0.4, 0.5) is 0 Å². The highest BCUT2D eigenvalue weighted by atomic mass is 16.5. The van der Waals surface area contributed by atoms with Gasteiger partial charge in [-0.2, -0.15) is 0 Å². The van der Waals surface area contributed by atoms with E-state index in [0.29, 0.717) is 0 Å². The van der Waals surface area contributed by atoms with Gasteiger partial charge in [-0.25, -0.2) is 0 Å². The first kappa shape index (κ1) is 12.8. The second-order valence-corrected chi connectivity index (χ2v) is 5.52. The zero-order valence-electron chi connectivity index (χ0n) is 11.5. The zero-order valence-corrected chi connectivity index (χ0v) is 11.5. The largest absolute Gasteiger partial charge is 0.490 e. The van der Waals surface area contributed by atoms with Crippen LogP contribution < -0.4 is 14.8 Å². The van der Waals surface area contributed by atoms with Gasteiger partial charge in [0.15, 0.2) is 11.5 Å².